The van der Waals surface area contributed by atoms with Crippen molar-refractivity contribution in [3.8, 4) is 17.2 Å². The summed E-state index contributed by atoms with van der Waals surface area (Å²) in [5, 5.41) is 3.35. The van der Waals surface area contributed by atoms with Crippen molar-refractivity contribution in [2.24, 2.45) is 0 Å². The van der Waals surface area contributed by atoms with Gasteiger partial charge in [-0.1, -0.05) is 0 Å². The van der Waals surface area contributed by atoms with E-state index in [9.17, 15) is 0 Å². The van der Waals surface area contributed by atoms with Crippen LogP contribution in [0.15, 0.2) is 12.1 Å². The maximum atomic E-state index is 5.48. The van der Waals surface area contributed by atoms with E-state index in [-0.39, 0.29) is 6.10 Å². The summed E-state index contributed by atoms with van der Waals surface area (Å²) in [6.07, 6.45) is 0.186. The average molecular weight is 283 g/mol. The minimum absolute atomic E-state index is 0.186. The topological polar surface area (TPSA) is 49.0 Å². The van der Waals surface area contributed by atoms with Crippen molar-refractivity contribution in [1.29, 1.82) is 0 Å². The lowest BCUT2D eigenvalue weighted by molar-refractivity contribution is 0.0759. The summed E-state index contributed by atoms with van der Waals surface area (Å²) in [5.41, 5.74) is 1.02. The second-order valence-corrected chi connectivity index (χ2v) is 4.42. The van der Waals surface area contributed by atoms with Crippen LogP contribution >= 0.6 is 0 Å². The zero-order valence-corrected chi connectivity index (χ0v) is 13.0. The minimum Gasteiger partial charge on any atom is -0.496 e. The fourth-order valence-corrected chi connectivity index (χ4v) is 1.98. The lowest BCUT2D eigenvalue weighted by Crippen LogP contribution is -2.26. The number of hydrogen-bond acceptors (Lipinski definition) is 5. The van der Waals surface area contributed by atoms with Gasteiger partial charge in [0.15, 0.2) is 11.5 Å². The van der Waals surface area contributed by atoms with E-state index in [4.69, 9.17) is 18.9 Å². The van der Waals surface area contributed by atoms with E-state index in [1.807, 2.05) is 26.0 Å². The molecule has 20 heavy (non-hydrogen) atoms. The quantitative estimate of drug-likeness (QED) is 0.753. The molecule has 1 N–H and O–H groups in total. The molecule has 0 saturated carbocycles. The van der Waals surface area contributed by atoms with Gasteiger partial charge in [0.05, 0.1) is 27.4 Å². The largest absolute Gasteiger partial charge is 0.496 e. The first-order valence-corrected chi connectivity index (χ1v) is 6.77. The van der Waals surface area contributed by atoms with Crippen LogP contribution in [0.2, 0.25) is 0 Å². The van der Waals surface area contributed by atoms with Crippen molar-refractivity contribution < 1.29 is 18.9 Å². The summed E-state index contributed by atoms with van der Waals surface area (Å²) in [6, 6.07) is 3.76. The van der Waals surface area contributed by atoms with E-state index in [0.717, 1.165) is 24.5 Å². The molecule has 1 atom stereocenters. The molecule has 5 heteroatoms. The highest BCUT2D eigenvalue weighted by atomic mass is 16.5. The van der Waals surface area contributed by atoms with E-state index >= 15 is 0 Å². The van der Waals surface area contributed by atoms with Crippen molar-refractivity contribution >= 4 is 0 Å². The molecule has 1 aromatic rings. The Morgan fingerprint density at radius 1 is 1.00 bits per heavy atom. The Balaban J connectivity index is 2.73. The first-order valence-electron chi connectivity index (χ1n) is 6.77. The first-order chi connectivity index (χ1) is 9.65. The fourth-order valence-electron chi connectivity index (χ4n) is 1.98. The lowest BCUT2D eigenvalue weighted by atomic mass is 10.1. The zero-order chi connectivity index (χ0) is 15.0. The van der Waals surface area contributed by atoms with Gasteiger partial charge in [-0.15, -0.1) is 0 Å². The second kappa shape index (κ2) is 8.66. The van der Waals surface area contributed by atoms with Crippen LogP contribution in [0.5, 0.6) is 17.2 Å². The summed E-state index contributed by atoms with van der Waals surface area (Å²) in [4.78, 5) is 0. The molecule has 0 heterocycles. The Morgan fingerprint density at radius 3 is 2.15 bits per heavy atom. The summed E-state index contributed by atoms with van der Waals surface area (Å²) >= 11 is 0. The van der Waals surface area contributed by atoms with E-state index < -0.39 is 0 Å². The van der Waals surface area contributed by atoms with E-state index in [0.29, 0.717) is 18.0 Å². The van der Waals surface area contributed by atoms with Gasteiger partial charge in [-0.25, -0.2) is 0 Å². The molecule has 0 aromatic heterocycles. The second-order valence-electron chi connectivity index (χ2n) is 4.42. The number of benzene rings is 1. The lowest BCUT2D eigenvalue weighted by Gasteiger charge is -2.16. The first kappa shape index (κ1) is 16.6. The van der Waals surface area contributed by atoms with Crippen molar-refractivity contribution in [2.75, 3.05) is 34.5 Å². The molecular formula is C15H25NO4. The van der Waals surface area contributed by atoms with Crippen LogP contribution in [0.4, 0.5) is 0 Å². The highest BCUT2D eigenvalue weighted by Crippen LogP contribution is 2.34. The normalized spacial score (nSPS) is 12.1. The van der Waals surface area contributed by atoms with Crippen molar-refractivity contribution in [3.63, 3.8) is 0 Å². The van der Waals surface area contributed by atoms with Crippen molar-refractivity contribution in [1.82, 2.24) is 5.32 Å². The summed E-state index contributed by atoms with van der Waals surface area (Å²) < 4.78 is 21.4. The van der Waals surface area contributed by atoms with E-state index in [1.165, 1.54) is 0 Å². The monoisotopic (exact) mass is 283 g/mol. The number of methoxy groups -OCH3 is 3. The standard InChI is InChI=1S/C15H25NO4/c1-6-20-11(2)9-16-10-12-7-14(18-4)15(19-5)8-13(12)17-3/h7-8,11,16H,6,9-10H2,1-5H3. The Bertz CT molecular complexity index is 409. The summed E-state index contributed by atoms with van der Waals surface area (Å²) in [5.74, 6) is 2.14. The van der Waals surface area contributed by atoms with Crippen LogP contribution in [0.1, 0.15) is 19.4 Å². The van der Waals surface area contributed by atoms with Crippen LogP contribution in [0.25, 0.3) is 0 Å². The SMILES string of the molecule is CCOC(C)CNCc1cc(OC)c(OC)cc1OC. The van der Waals surface area contributed by atoms with Crippen LogP contribution in [-0.4, -0.2) is 40.6 Å². The number of hydrogen-bond donors (Lipinski definition) is 1. The predicted molar refractivity (Wildman–Crippen MR) is 78.9 cm³/mol. The Labute approximate surface area is 121 Å². The number of rotatable bonds is 9. The molecule has 0 aliphatic carbocycles. The van der Waals surface area contributed by atoms with Crippen LogP contribution in [0, 0.1) is 0 Å². The molecule has 0 aliphatic rings. The van der Waals surface area contributed by atoms with Gasteiger partial charge >= 0.3 is 0 Å². The number of ether oxygens (including phenoxy) is 4. The fraction of sp³-hybridized carbons (Fsp3) is 0.600. The van der Waals surface area contributed by atoms with Crippen molar-refractivity contribution in [2.45, 2.75) is 26.5 Å². The van der Waals surface area contributed by atoms with E-state index in [1.54, 1.807) is 21.3 Å². The molecule has 0 bridgehead atoms. The van der Waals surface area contributed by atoms with E-state index in [2.05, 4.69) is 5.32 Å². The Kier molecular flexibility index (Phi) is 7.18. The Morgan fingerprint density at radius 2 is 1.60 bits per heavy atom. The molecule has 0 amide bonds. The third-order valence-electron chi connectivity index (χ3n) is 2.99. The molecule has 0 spiro atoms. The maximum Gasteiger partial charge on any atom is 0.164 e. The molecule has 1 rings (SSSR count). The predicted octanol–water partition coefficient (Wildman–Crippen LogP) is 2.23. The molecule has 0 fully saturated rings. The average Bonchev–Trinajstić information content (AvgIpc) is 2.46. The van der Waals surface area contributed by atoms with Crippen molar-refractivity contribution in [3.05, 3.63) is 17.7 Å². The summed E-state index contributed by atoms with van der Waals surface area (Å²) in [6.45, 7) is 6.23. The highest BCUT2D eigenvalue weighted by Gasteiger charge is 2.11. The van der Waals surface area contributed by atoms with Gasteiger partial charge in [-0.05, 0) is 19.9 Å². The smallest absolute Gasteiger partial charge is 0.164 e. The maximum absolute atomic E-state index is 5.48. The van der Waals surface area contributed by atoms with Gasteiger partial charge in [0, 0.05) is 31.3 Å². The van der Waals surface area contributed by atoms with Gasteiger partial charge in [0.1, 0.15) is 5.75 Å². The van der Waals surface area contributed by atoms with Gasteiger partial charge < -0.3 is 24.3 Å². The summed E-state index contributed by atoms with van der Waals surface area (Å²) in [7, 11) is 4.88. The van der Waals surface area contributed by atoms with Gasteiger partial charge in [-0.3, -0.25) is 0 Å². The van der Waals surface area contributed by atoms with Gasteiger partial charge in [0.25, 0.3) is 0 Å². The third-order valence-corrected chi connectivity index (χ3v) is 2.99. The van der Waals surface area contributed by atoms with Gasteiger partial charge in [-0.2, -0.15) is 0 Å². The minimum atomic E-state index is 0.186. The van der Waals surface area contributed by atoms with Crippen LogP contribution in [-0.2, 0) is 11.3 Å². The third kappa shape index (κ3) is 4.58. The molecule has 0 saturated heterocycles. The molecule has 5 nitrogen and oxygen atoms in total. The molecule has 0 aliphatic heterocycles. The van der Waals surface area contributed by atoms with Crippen LogP contribution in [0.3, 0.4) is 0 Å². The van der Waals surface area contributed by atoms with Gasteiger partial charge in [0.2, 0.25) is 0 Å². The molecule has 114 valence electrons. The molecule has 1 aromatic carbocycles. The molecule has 0 radical (unpaired) electrons. The molecule has 1 unspecified atom stereocenters. The molecular weight excluding hydrogens is 258 g/mol. The number of nitrogens with one attached hydrogen (secondary N) is 1. The zero-order valence-electron chi connectivity index (χ0n) is 13.0. The Hall–Kier alpha value is -1.46. The highest BCUT2D eigenvalue weighted by molar-refractivity contribution is 5.50. The van der Waals surface area contributed by atoms with Crippen LogP contribution < -0.4 is 19.5 Å².